The van der Waals surface area contributed by atoms with Crippen molar-refractivity contribution in [2.75, 3.05) is 12.3 Å². The number of hydrogen-bond donors (Lipinski definition) is 2. The van der Waals surface area contributed by atoms with Gasteiger partial charge in [-0.2, -0.15) is 0 Å². The number of nitrogens with one attached hydrogen (secondary N) is 1. The second-order valence-electron chi connectivity index (χ2n) is 4.98. The first-order valence-electron chi connectivity index (χ1n) is 7.16. The van der Waals surface area contributed by atoms with Crippen LogP contribution in [0.3, 0.4) is 0 Å². The second kappa shape index (κ2) is 10.00. The van der Waals surface area contributed by atoms with Gasteiger partial charge < -0.3 is 10.4 Å². The number of benzene rings is 1. The van der Waals surface area contributed by atoms with Crippen molar-refractivity contribution in [3.63, 3.8) is 0 Å². The first kappa shape index (κ1) is 18.2. The van der Waals surface area contributed by atoms with E-state index in [0.717, 1.165) is 17.3 Å². The summed E-state index contributed by atoms with van der Waals surface area (Å²) in [4.78, 5) is 33.8. The van der Waals surface area contributed by atoms with Gasteiger partial charge in [0.2, 0.25) is 5.91 Å². The molecule has 2 N–H and O–H groups in total. The minimum Gasteiger partial charge on any atom is -0.481 e. The van der Waals surface area contributed by atoms with E-state index in [4.69, 9.17) is 5.11 Å². The van der Waals surface area contributed by atoms with Gasteiger partial charge in [-0.15, -0.1) is 0 Å². The van der Waals surface area contributed by atoms with E-state index in [9.17, 15) is 14.4 Å². The highest BCUT2D eigenvalue weighted by Crippen LogP contribution is 2.15. The van der Waals surface area contributed by atoms with Gasteiger partial charge in [0.15, 0.2) is 5.12 Å². The molecule has 0 aliphatic heterocycles. The van der Waals surface area contributed by atoms with Crippen LogP contribution in [0.2, 0.25) is 0 Å². The van der Waals surface area contributed by atoms with Gasteiger partial charge in [-0.05, 0) is 18.4 Å². The lowest BCUT2D eigenvalue weighted by atomic mass is 10.0. The third-order valence-electron chi connectivity index (χ3n) is 3.05. The summed E-state index contributed by atoms with van der Waals surface area (Å²) in [5.74, 6) is -0.888. The molecule has 120 valence electrons. The van der Waals surface area contributed by atoms with E-state index in [0.29, 0.717) is 25.1 Å². The Morgan fingerprint density at radius 2 is 1.91 bits per heavy atom. The Kier molecular flexibility index (Phi) is 8.28. The van der Waals surface area contributed by atoms with Gasteiger partial charge in [0, 0.05) is 25.6 Å². The molecule has 22 heavy (non-hydrogen) atoms. The summed E-state index contributed by atoms with van der Waals surface area (Å²) in [6.45, 7) is 1.82. The summed E-state index contributed by atoms with van der Waals surface area (Å²) in [6.07, 6.45) is 0.997. The summed E-state index contributed by atoms with van der Waals surface area (Å²) in [5, 5.41) is 11.3. The fourth-order valence-electron chi connectivity index (χ4n) is 1.94. The van der Waals surface area contributed by atoms with Crippen molar-refractivity contribution in [2.45, 2.75) is 26.2 Å². The molecule has 0 spiro atoms. The number of rotatable bonds is 9. The molecule has 0 saturated carbocycles. The number of carbonyl (C=O) groups is 3. The molecule has 1 aromatic carbocycles. The summed E-state index contributed by atoms with van der Waals surface area (Å²) >= 11 is 1.14. The zero-order valence-electron chi connectivity index (χ0n) is 12.6. The number of aliphatic carboxylic acids is 1. The average molecular weight is 323 g/mol. The third kappa shape index (κ3) is 7.83. The first-order valence-corrected chi connectivity index (χ1v) is 8.14. The van der Waals surface area contributed by atoms with Crippen molar-refractivity contribution in [3.05, 3.63) is 35.9 Å². The zero-order chi connectivity index (χ0) is 16.4. The quantitative estimate of drug-likeness (QED) is 0.680. The maximum absolute atomic E-state index is 12.2. The predicted molar refractivity (Wildman–Crippen MR) is 86.7 cm³/mol. The van der Waals surface area contributed by atoms with Crippen molar-refractivity contribution >= 4 is 28.8 Å². The van der Waals surface area contributed by atoms with Crippen LogP contribution in [0.25, 0.3) is 0 Å². The van der Waals surface area contributed by atoms with Crippen molar-refractivity contribution in [3.8, 4) is 0 Å². The van der Waals surface area contributed by atoms with Crippen LogP contribution < -0.4 is 5.32 Å². The van der Waals surface area contributed by atoms with Gasteiger partial charge in [-0.1, -0.05) is 42.1 Å². The lowest BCUT2D eigenvalue weighted by molar-refractivity contribution is -0.137. The van der Waals surface area contributed by atoms with Gasteiger partial charge in [-0.3, -0.25) is 14.4 Å². The molecule has 0 heterocycles. The molecular weight excluding hydrogens is 302 g/mol. The predicted octanol–water partition coefficient (Wildman–Crippen LogP) is 2.11. The highest BCUT2D eigenvalue weighted by Gasteiger charge is 2.19. The van der Waals surface area contributed by atoms with Crippen LogP contribution in [0, 0.1) is 5.92 Å². The van der Waals surface area contributed by atoms with Crippen LogP contribution in [-0.4, -0.2) is 34.4 Å². The van der Waals surface area contributed by atoms with Crippen molar-refractivity contribution in [2.24, 2.45) is 5.92 Å². The van der Waals surface area contributed by atoms with Crippen LogP contribution in [0.5, 0.6) is 0 Å². The molecule has 5 nitrogen and oxygen atoms in total. The highest BCUT2D eigenvalue weighted by atomic mass is 32.2. The molecule has 0 aromatic heterocycles. The number of carbonyl (C=O) groups excluding carboxylic acids is 2. The molecule has 1 rings (SSSR count). The van der Waals surface area contributed by atoms with Crippen LogP contribution in [0.4, 0.5) is 0 Å². The highest BCUT2D eigenvalue weighted by molar-refractivity contribution is 8.13. The molecule has 0 aliphatic rings. The molecule has 6 heteroatoms. The largest absolute Gasteiger partial charge is 0.481 e. The minimum atomic E-state index is -0.873. The van der Waals surface area contributed by atoms with Crippen molar-refractivity contribution in [1.82, 2.24) is 5.32 Å². The van der Waals surface area contributed by atoms with Gasteiger partial charge in [0.1, 0.15) is 0 Å². The Morgan fingerprint density at radius 3 is 2.50 bits per heavy atom. The monoisotopic (exact) mass is 323 g/mol. The van der Waals surface area contributed by atoms with E-state index in [1.54, 1.807) is 0 Å². The van der Waals surface area contributed by atoms with E-state index in [2.05, 4.69) is 5.32 Å². The fraction of sp³-hybridized carbons (Fsp3) is 0.438. The molecule has 1 amide bonds. The number of carboxylic acid groups (broad SMARTS) is 1. The lowest BCUT2D eigenvalue weighted by Gasteiger charge is -2.16. The Labute approximate surface area is 134 Å². The maximum Gasteiger partial charge on any atom is 0.303 e. The van der Waals surface area contributed by atoms with Crippen LogP contribution in [0.15, 0.2) is 30.3 Å². The maximum atomic E-state index is 12.2. The summed E-state index contributed by atoms with van der Waals surface area (Å²) in [5.41, 5.74) is 1.04. The molecule has 1 atom stereocenters. The van der Waals surface area contributed by atoms with E-state index in [1.165, 1.54) is 6.92 Å². The Bertz CT molecular complexity index is 504. The smallest absolute Gasteiger partial charge is 0.303 e. The molecule has 0 bridgehead atoms. The number of thioether (sulfide) groups is 1. The van der Waals surface area contributed by atoms with Gasteiger partial charge >= 0.3 is 5.97 Å². The molecule has 0 aliphatic carbocycles. The van der Waals surface area contributed by atoms with Crippen molar-refractivity contribution < 1.29 is 19.5 Å². The number of hydrogen-bond acceptors (Lipinski definition) is 4. The van der Waals surface area contributed by atoms with Gasteiger partial charge in [-0.25, -0.2) is 0 Å². The Balaban J connectivity index is 2.54. The number of amides is 1. The van der Waals surface area contributed by atoms with Crippen LogP contribution in [-0.2, 0) is 20.8 Å². The molecule has 0 radical (unpaired) electrons. The Morgan fingerprint density at radius 1 is 1.23 bits per heavy atom. The standard InChI is InChI=1S/C16H21NO4S/c1-12(18)22-11-14(10-13-6-3-2-4-7-13)16(21)17-9-5-8-15(19)20/h2-4,6-7,14H,5,8-11H2,1H3,(H,17,21)(H,19,20). The van der Waals surface area contributed by atoms with E-state index >= 15 is 0 Å². The Hall–Kier alpha value is -1.82. The summed E-state index contributed by atoms with van der Waals surface area (Å²) in [6, 6.07) is 9.63. The van der Waals surface area contributed by atoms with Gasteiger partial charge in [0.05, 0.1) is 5.92 Å². The van der Waals surface area contributed by atoms with E-state index in [-0.39, 0.29) is 23.4 Å². The second-order valence-corrected chi connectivity index (χ2v) is 6.17. The summed E-state index contributed by atoms with van der Waals surface area (Å²) < 4.78 is 0. The minimum absolute atomic E-state index is 0.0169. The molecule has 1 aromatic rings. The molecular formula is C16H21NO4S. The topological polar surface area (TPSA) is 83.5 Å². The van der Waals surface area contributed by atoms with Crippen LogP contribution in [0.1, 0.15) is 25.3 Å². The average Bonchev–Trinajstić information content (AvgIpc) is 2.48. The van der Waals surface area contributed by atoms with E-state index in [1.807, 2.05) is 30.3 Å². The lowest BCUT2D eigenvalue weighted by Crippen LogP contribution is -2.34. The third-order valence-corrected chi connectivity index (χ3v) is 4.03. The normalized spacial score (nSPS) is 11.7. The van der Waals surface area contributed by atoms with Crippen molar-refractivity contribution in [1.29, 1.82) is 0 Å². The molecule has 1 unspecified atom stereocenters. The molecule has 0 saturated heterocycles. The number of carboxylic acids is 1. The van der Waals surface area contributed by atoms with E-state index < -0.39 is 5.97 Å². The van der Waals surface area contributed by atoms with Gasteiger partial charge in [0.25, 0.3) is 0 Å². The summed E-state index contributed by atoms with van der Waals surface area (Å²) in [7, 11) is 0. The molecule has 0 fully saturated rings. The zero-order valence-corrected chi connectivity index (χ0v) is 13.4. The first-order chi connectivity index (χ1) is 10.5. The fourth-order valence-corrected chi connectivity index (χ4v) is 2.64. The van der Waals surface area contributed by atoms with Crippen LogP contribution >= 0.6 is 11.8 Å². The SMILES string of the molecule is CC(=O)SCC(Cc1ccccc1)C(=O)NCCCC(=O)O.